The Morgan fingerprint density at radius 1 is 1.21 bits per heavy atom. The summed E-state index contributed by atoms with van der Waals surface area (Å²) in [6.45, 7) is 0. The maximum atomic E-state index is 12.7. The monoisotopic (exact) mass is 338 g/mol. The van der Waals surface area contributed by atoms with Gasteiger partial charge in [-0.3, -0.25) is 9.59 Å². The van der Waals surface area contributed by atoms with Gasteiger partial charge >= 0.3 is 5.97 Å². The minimum atomic E-state index is -1.16. The number of aromatic carboxylic acids is 1. The van der Waals surface area contributed by atoms with E-state index in [1.165, 1.54) is 29.5 Å². The second-order valence-corrected chi connectivity index (χ2v) is 6.74. The van der Waals surface area contributed by atoms with Gasteiger partial charge in [0.2, 0.25) is 0 Å². The molecule has 7 heteroatoms. The first-order valence-electron chi connectivity index (χ1n) is 7.33. The molecule has 1 aromatic heterocycles. The van der Waals surface area contributed by atoms with Crippen molar-refractivity contribution in [1.82, 2.24) is 0 Å². The second kappa shape index (κ2) is 5.01. The summed E-state index contributed by atoms with van der Waals surface area (Å²) in [5.41, 5.74) is 1.51. The fourth-order valence-electron chi connectivity index (χ4n) is 3.22. The number of thiophene rings is 1. The third-order valence-electron chi connectivity index (χ3n) is 4.35. The van der Waals surface area contributed by atoms with Gasteiger partial charge in [-0.2, -0.15) is 5.26 Å². The van der Waals surface area contributed by atoms with Gasteiger partial charge in [-0.25, -0.2) is 9.69 Å². The van der Waals surface area contributed by atoms with Gasteiger partial charge in [-0.1, -0.05) is 0 Å². The maximum absolute atomic E-state index is 12.7. The second-order valence-electron chi connectivity index (χ2n) is 5.66. The number of amides is 2. The van der Waals surface area contributed by atoms with E-state index in [4.69, 9.17) is 5.11 Å². The van der Waals surface area contributed by atoms with E-state index in [-0.39, 0.29) is 16.7 Å². The molecular formula is C17H10N2O4S. The highest BCUT2D eigenvalue weighted by Crippen LogP contribution is 2.43. The molecule has 118 valence electrons. The summed E-state index contributed by atoms with van der Waals surface area (Å²) >= 11 is 1.30. The molecule has 1 aliphatic carbocycles. The number of carbonyl (C=O) groups excluding carboxylic acids is 2. The predicted molar refractivity (Wildman–Crippen MR) is 85.6 cm³/mol. The summed E-state index contributed by atoms with van der Waals surface area (Å²) in [4.78, 5) is 38.5. The Hall–Kier alpha value is -2.98. The van der Waals surface area contributed by atoms with Crippen LogP contribution in [0.25, 0.3) is 0 Å². The molecule has 1 aliphatic heterocycles. The predicted octanol–water partition coefficient (Wildman–Crippen LogP) is 2.61. The fourth-order valence-corrected chi connectivity index (χ4v) is 4.56. The highest BCUT2D eigenvalue weighted by molar-refractivity contribution is 7.17. The third-order valence-corrected chi connectivity index (χ3v) is 5.63. The van der Waals surface area contributed by atoms with Crippen LogP contribution in [0.4, 0.5) is 5.00 Å². The van der Waals surface area contributed by atoms with Crippen molar-refractivity contribution in [3.8, 4) is 6.07 Å². The van der Waals surface area contributed by atoms with Crippen molar-refractivity contribution in [1.29, 1.82) is 5.26 Å². The van der Waals surface area contributed by atoms with Crippen molar-refractivity contribution >= 4 is 34.1 Å². The van der Waals surface area contributed by atoms with E-state index in [2.05, 4.69) is 6.07 Å². The van der Waals surface area contributed by atoms with Gasteiger partial charge in [0.15, 0.2) is 0 Å². The van der Waals surface area contributed by atoms with Crippen LogP contribution in [0.5, 0.6) is 0 Å². The van der Waals surface area contributed by atoms with Gasteiger partial charge in [0, 0.05) is 4.88 Å². The third kappa shape index (κ3) is 1.83. The van der Waals surface area contributed by atoms with Gasteiger partial charge in [-0.05, 0) is 43.0 Å². The van der Waals surface area contributed by atoms with Crippen LogP contribution in [-0.2, 0) is 12.8 Å². The zero-order chi connectivity index (χ0) is 17.0. The number of hydrogen-bond donors (Lipinski definition) is 1. The molecule has 2 aromatic rings. The van der Waals surface area contributed by atoms with Crippen LogP contribution in [0, 0.1) is 11.3 Å². The van der Waals surface area contributed by atoms with Crippen LogP contribution in [-0.4, -0.2) is 22.9 Å². The minimum Gasteiger partial charge on any atom is -0.478 e. The summed E-state index contributed by atoms with van der Waals surface area (Å²) in [6.07, 6.45) is 2.60. The minimum absolute atomic E-state index is 0.0501. The maximum Gasteiger partial charge on any atom is 0.335 e. The van der Waals surface area contributed by atoms with Crippen molar-refractivity contribution in [3.05, 3.63) is 50.9 Å². The number of hydrogen-bond acceptors (Lipinski definition) is 5. The molecule has 0 fully saturated rings. The Morgan fingerprint density at radius 2 is 1.96 bits per heavy atom. The molecule has 0 spiro atoms. The lowest BCUT2D eigenvalue weighted by atomic mass is 10.1. The first-order valence-corrected chi connectivity index (χ1v) is 8.15. The standard InChI is InChI=1S/C17H10N2O4S/c18-7-12-9-2-1-3-13(9)24-16(12)19-14(20)10-5-4-8(17(22)23)6-11(10)15(19)21/h4-6H,1-3H2,(H,22,23). The summed E-state index contributed by atoms with van der Waals surface area (Å²) in [5, 5.41) is 18.9. The molecule has 0 unspecified atom stereocenters. The fraction of sp³-hybridized carbons (Fsp3) is 0.176. The zero-order valence-electron chi connectivity index (χ0n) is 12.3. The smallest absolute Gasteiger partial charge is 0.335 e. The van der Waals surface area contributed by atoms with Crippen LogP contribution in [0.3, 0.4) is 0 Å². The first kappa shape index (κ1) is 14.6. The van der Waals surface area contributed by atoms with Crippen LogP contribution in [0.1, 0.15) is 53.5 Å². The zero-order valence-corrected chi connectivity index (χ0v) is 13.1. The van der Waals surface area contributed by atoms with E-state index < -0.39 is 17.8 Å². The van der Waals surface area contributed by atoms with E-state index >= 15 is 0 Å². The van der Waals surface area contributed by atoms with Crippen LogP contribution < -0.4 is 4.90 Å². The SMILES string of the molecule is N#Cc1c(N2C(=O)c3ccc(C(=O)O)cc3C2=O)sc2c1CCC2. The molecule has 0 saturated heterocycles. The number of rotatable bonds is 2. The summed E-state index contributed by atoms with van der Waals surface area (Å²) in [7, 11) is 0. The van der Waals surface area contributed by atoms with E-state index in [1.54, 1.807) is 0 Å². The normalized spacial score (nSPS) is 15.4. The molecule has 2 aliphatic rings. The Balaban J connectivity index is 1.85. The number of carbonyl (C=O) groups is 3. The van der Waals surface area contributed by atoms with Crippen LogP contribution in [0.2, 0.25) is 0 Å². The number of imide groups is 1. The largest absolute Gasteiger partial charge is 0.478 e. The van der Waals surface area contributed by atoms with Crippen molar-refractivity contribution in [2.45, 2.75) is 19.3 Å². The topological polar surface area (TPSA) is 98.5 Å². The van der Waals surface area contributed by atoms with E-state index in [0.29, 0.717) is 10.6 Å². The van der Waals surface area contributed by atoms with E-state index in [9.17, 15) is 19.6 Å². The van der Waals surface area contributed by atoms with Gasteiger partial charge < -0.3 is 5.11 Å². The summed E-state index contributed by atoms with van der Waals surface area (Å²) < 4.78 is 0. The molecule has 24 heavy (non-hydrogen) atoms. The molecule has 1 N–H and O–H groups in total. The quantitative estimate of drug-likeness (QED) is 0.849. The van der Waals surface area contributed by atoms with Gasteiger partial charge in [0.1, 0.15) is 11.1 Å². The number of anilines is 1. The average molecular weight is 338 g/mol. The van der Waals surface area contributed by atoms with Gasteiger partial charge in [0.05, 0.1) is 22.3 Å². The number of aryl methyl sites for hydroxylation is 1. The van der Waals surface area contributed by atoms with Gasteiger partial charge in [0.25, 0.3) is 11.8 Å². The van der Waals surface area contributed by atoms with Crippen molar-refractivity contribution < 1.29 is 19.5 Å². The van der Waals surface area contributed by atoms with Crippen molar-refractivity contribution in [2.24, 2.45) is 0 Å². The van der Waals surface area contributed by atoms with Crippen LogP contribution in [0.15, 0.2) is 18.2 Å². The van der Waals surface area contributed by atoms with E-state index in [0.717, 1.165) is 34.6 Å². The highest BCUT2D eigenvalue weighted by Gasteiger charge is 2.40. The van der Waals surface area contributed by atoms with Gasteiger partial charge in [-0.15, -0.1) is 11.3 Å². The van der Waals surface area contributed by atoms with Crippen LogP contribution >= 0.6 is 11.3 Å². The molecule has 4 rings (SSSR count). The first-order chi connectivity index (χ1) is 11.5. The molecular weight excluding hydrogens is 328 g/mol. The number of carboxylic acids is 1. The lowest BCUT2D eigenvalue weighted by molar-refractivity contribution is 0.0696. The van der Waals surface area contributed by atoms with Crippen molar-refractivity contribution in [2.75, 3.05) is 4.90 Å². The molecule has 0 saturated carbocycles. The highest BCUT2D eigenvalue weighted by atomic mass is 32.1. The lowest BCUT2D eigenvalue weighted by Crippen LogP contribution is -2.29. The Morgan fingerprint density at radius 3 is 2.67 bits per heavy atom. The van der Waals surface area contributed by atoms with Crippen molar-refractivity contribution in [3.63, 3.8) is 0 Å². The number of benzene rings is 1. The Labute approximate surface area is 140 Å². The Bertz CT molecular complexity index is 983. The number of nitrogens with zero attached hydrogens (tertiary/aromatic N) is 2. The number of carboxylic acid groups (broad SMARTS) is 1. The van der Waals surface area contributed by atoms with E-state index in [1.807, 2.05) is 0 Å². The summed E-state index contributed by atoms with van der Waals surface area (Å²) in [6, 6.07) is 5.99. The molecule has 2 heterocycles. The molecule has 1 aromatic carbocycles. The summed E-state index contributed by atoms with van der Waals surface area (Å²) in [5.74, 6) is -2.25. The molecule has 2 amide bonds. The molecule has 0 atom stereocenters. The number of fused-ring (bicyclic) bond motifs is 2. The molecule has 0 radical (unpaired) electrons. The Kier molecular flexibility index (Phi) is 3.05. The lowest BCUT2D eigenvalue weighted by Gasteiger charge is -2.12. The average Bonchev–Trinajstić information content (AvgIpc) is 3.20. The molecule has 6 nitrogen and oxygen atoms in total. The molecule has 0 bridgehead atoms. The number of nitriles is 1.